The molecule has 1 aromatic rings. The molecule has 1 aliphatic rings. The van der Waals surface area contributed by atoms with Crippen LogP contribution in [0.15, 0.2) is 12.1 Å². The molecule has 2 rings (SSSR count). The van der Waals surface area contributed by atoms with Crippen molar-refractivity contribution in [1.29, 1.82) is 5.26 Å². The Morgan fingerprint density at radius 2 is 2.20 bits per heavy atom. The number of carbonyl (C=O) groups is 1. The first-order valence-corrected chi connectivity index (χ1v) is 6.88. The van der Waals surface area contributed by atoms with Crippen LogP contribution in [0.3, 0.4) is 0 Å². The van der Waals surface area contributed by atoms with E-state index in [1.54, 1.807) is 0 Å². The van der Waals surface area contributed by atoms with Gasteiger partial charge in [0.05, 0.1) is 23.9 Å². The Balaban J connectivity index is 2.37. The number of hydrogen-bond donors (Lipinski definition) is 2. The number of hydrogen-bond acceptors (Lipinski definition) is 4. The Kier molecular flexibility index (Phi) is 4.14. The number of nitrogens with zero attached hydrogens (tertiary/aromatic N) is 2. The number of nitrogens with one attached hydrogen (secondary N) is 1. The molecule has 0 saturated heterocycles. The van der Waals surface area contributed by atoms with E-state index in [4.69, 9.17) is 11.0 Å². The summed E-state index contributed by atoms with van der Waals surface area (Å²) in [6, 6.07) is 6.26. The van der Waals surface area contributed by atoms with Gasteiger partial charge < -0.3 is 16.0 Å². The highest BCUT2D eigenvalue weighted by atomic mass is 16.1. The molecule has 0 spiro atoms. The number of fused-ring (bicyclic) bond motifs is 1. The summed E-state index contributed by atoms with van der Waals surface area (Å²) in [5, 5.41) is 11.7. The molecule has 3 N–H and O–H groups in total. The van der Waals surface area contributed by atoms with E-state index in [1.165, 1.54) is 0 Å². The predicted octanol–water partition coefficient (Wildman–Crippen LogP) is 2.28. The van der Waals surface area contributed by atoms with Gasteiger partial charge in [-0.25, -0.2) is 0 Å². The average Bonchev–Trinajstić information content (AvgIpc) is 2.39. The number of nitrogens with two attached hydrogens (primary N) is 1. The van der Waals surface area contributed by atoms with Crippen molar-refractivity contribution in [2.45, 2.75) is 39.2 Å². The molecule has 0 aliphatic carbocycles. The number of nitrogen functional groups attached to an aromatic ring is 1. The highest BCUT2D eigenvalue weighted by Gasteiger charge is 2.20. The Morgan fingerprint density at radius 3 is 2.85 bits per heavy atom. The maximum atomic E-state index is 11.5. The molecule has 1 heterocycles. The number of aryl methyl sites for hydroxylation is 1. The van der Waals surface area contributed by atoms with Gasteiger partial charge in [-0.1, -0.05) is 0 Å². The first kappa shape index (κ1) is 14.2. The number of amides is 1. The van der Waals surface area contributed by atoms with Crippen molar-refractivity contribution in [3.8, 4) is 6.07 Å². The summed E-state index contributed by atoms with van der Waals surface area (Å²) in [5.41, 5.74) is 9.66. The van der Waals surface area contributed by atoms with E-state index in [2.05, 4.69) is 30.1 Å². The monoisotopic (exact) mass is 272 g/mol. The quantitative estimate of drug-likeness (QED) is 0.824. The summed E-state index contributed by atoms with van der Waals surface area (Å²) in [6.45, 7) is 4.76. The molecule has 0 aromatic heterocycles. The highest BCUT2D eigenvalue weighted by Crippen LogP contribution is 2.34. The van der Waals surface area contributed by atoms with Crippen LogP contribution in [-0.2, 0) is 11.2 Å². The van der Waals surface area contributed by atoms with Crippen molar-refractivity contribution >= 4 is 23.0 Å². The Bertz CT molecular complexity index is 560. The first-order chi connectivity index (χ1) is 9.52. The highest BCUT2D eigenvalue weighted by molar-refractivity contribution is 5.95. The molecule has 1 amide bonds. The third-order valence-corrected chi connectivity index (χ3v) is 3.55. The van der Waals surface area contributed by atoms with Crippen LogP contribution >= 0.6 is 0 Å². The number of carbonyl (C=O) groups excluding carboxylic acids is 1. The largest absolute Gasteiger partial charge is 0.397 e. The second kappa shape index (κ2) is 5.83. The normalized spacial score (nSPS) is 13.6. The third-order valence-electron chi connectivity index (χ3n) is 3.55. The van der Waals surface area contributed by atoms with Crippen molar-refractivity contribution in [2.75, 3.05) is 22.5 Å². The van der Waals surface area contributed by atoms with E-state index in [0.29, 0.717) is 25.1 Å². The second-order valence-corrected chi connectivity index (χ2v) is 5.31. The van der Waals surface area contributed by atoms with Gasteiger partial charge in [-0.05, 0) is 38.0 Å². The minimum absolute atomic E-state index is 0.0429. The van der Waals surface area contributed by atoms with Crippen LogP contribution in [0, 0.1) is 11.3 Å². The number of anilines is 3. The van der Waals surface area contributed by atoms with Crippen LogP contribution in [-0.4, -0.2) is 18.5 Å². The molecule has 0 fully saturated rings. The lowest BCUT2D eigenvalue weighted by Crippen LogP contribution is -2.32. The van der Waals surface area contributed by atoms with Gasteiger partial charge in [0, 0.05) is 24.7 Å². The lowest BCUT2D eigenvalue weighted by Gasteiger charge is -2.31. The van der Waals surface area contributed by atoms with Gasteiger partial charge in [0.1, 0.15) is 0 Å². The van der Waals surface area contributed by atoms with Crippen molar-refractivity contribution in [2.24, 2.45) is 0 Å². The van der Waals surface area contributed by atoms with E-state index in [1.807, 2.05) is 12.1 Å². The zero-order valence-electron chi connectivity index (χ0n) is 11.9. The van der Waals surface area contributed by atoms with E-state index in [0.717, 1.165) is 23.4 Å². The minimum atomic E-state index is 0.0429. The first-order valence-electron chi connectivity index (χ1n) is 6.88. The van der Waals surface area contributed by atoms with Crippen LogP contribution in [0.2, 0.25) is 0 Å². The fourth-order valence-electron chi connectivity index (χ4n) is 2.51. The number of nitriles is 1. The minimum Gasteiger partial charge on any atom is -0.397 e. The van der Waals surface area contributed by atoms with Crippen LogP contribution < -0.4 is 16.0 Å². The van der Waals surface area contributed by atoms with Crippen molar-refractivity contribution < 1.29 is 4.79 Å². The molecule has 5 heteroatoms. The van der Waals surface area contributed by atoms with Gasteiger partial charge in [-0.3, -0.25) is 4.79 Å². The number of benzene rings is 1. The number of rotatable bonds is 4. The van der Waals surface area contributed by atoms with E-state index in [-0.39, 0.29) is 11.9 Å². The van der Waals surface area contributed by atoms with Crippen molar-refractivity contribution in [3.63, 3.8) is 0 Å². The van der Waals surface area contributed by atoms with Crippen LogP contribution in [0.25, 0.3) is 0 Å². The van der Waals surface area contributed by atoms with Gasteiger partial charge >= 0.3 is 0 Å². The van der Waals surface area contributed by atoms with Gasteiger partial charge in [0.25, 0.3) is 0 Å². The summed E-state index contributed by atoms with van der Waals surface area (Å²) in [7, 11) is 0. The second-order valence-electron chi connectivity index (χ2n) is 5.31. The molecular weight excluding hydrogens is 252 g/mol. The standard InChI is InChI=1S/C15H20N4O/c1-10(2)19(7-3-6-16)14-9-13-11(8-12(14)17)4-5-15(20)18-13/h8-10H,3-5,7,17H2,1-2H3,(H,18,20). The van der Waals surface area contributed by atoms with E-state index >= 15 is 0 Å². The van der Waals surface area contributed by atoms with Crippen LogP contribution in [0.4, 0.5) is 17.1 Å². The predicted molar refractivity (Wildman–Crippen MR) is 80.5 cm³/mol. The average molecular weight is 272 g/mol. The zero-order chi connectivity index (χ0) is 14.7. The van der Waals surface area contributed by atoms with Crippen LogP contribution in [0.1, 0.15) is 32.3 Å². The summed E-state index contributed by atoms with van der Waals surface area (Å²) in [4.78, 5) is 13.6. The molecule has 0 saturated carbocycles. The maximum absolute atomic E-state index is 11.5. The molecule has 0 atom stereocenters. The smallest absolute Gasteiger partial charge is 0.224 e. The molecule has 106 valence electrons. The lowest BCUT2D eigenvalue weighted by atomic mass is 10.0. The topological polar surface area (TPSA) is 82.2 Å². The van der Waals surface area contributed by atoms with Crippen LogP contribution in [0.5, 0.6) is 0 Å². The summed E-state index contributed by atoms with van der Waals surface area (Å²) < 4.78 is 0. The third kappa shape index (κ3) is 2.85. The molecular formula is C15H20N4O. The van der Waals surface area contributed by atoms with Crippen molar-refractivity contribution in [1.82, 2.24) is 0 Å². The summed E-state index contributed by atoms with van der Waals surface area (Å²) in [6.07, 6.45) is 1.68. The van der Waals surface area contributed by atoms with E-state index < -0.39 is 0 Å². The zero-order valence-corrected chi connectivity index (χ0v) is 11.9. The molecule has 20 heavy (non-hydrogen) atoms. The Labute approximate surface area is 119 Å². The molecule has 0 bridgehead atoms. The van der Waals surface area contributed by atoms with Gasteiger partial charge in [0.2, 0.25) is 5.91 Å². The molecule has 1 aliphatic heterocycles. The van der Waals surface area contributed by atoms with Gasteiger partial charge in [-0.15, -0.1) is 0 Å². The van der Waals surface area contributed by atoms with E-state index in [9.17, 15) is 4.79 Å². The molecule has 0 unspecified atom stereocenters. The summed E-state index contributed by atoms with van der Waals surface area (Å²) in [5.74, 6) is 0.0429. The lowest BCUT2D eigenvalue weighted by molar-refractivity contribution is -0.116. The van der Waals surface area contributed by atoms with Gasteiger partial charge in [-0.2, -0.15) is 5.26 Å². The fourth-order valence-corrected chi connectivity index (χ4v) is 2.51. The fraction of sp³-hybridized carbons (Fsp3) is 0.467. The van der Waals surface area contributed by atoms with Crippen molar-refractivity contribution in [3.05, 3.63) is 17.7 Å². The molecule has 0 radical (unpaired) electrons. The Morgan fingerprint density at radius 1 is 1.45 bits per heavy atom. The SMILES string of the molecule is CC(C)N(CCC#N)c1cc2c(cc1N)CCC(=O)N2. The molecule has 1 aromatic carbocycles. The Hall–Kier alpha value is -2.22. The van der Waals surface area contributed by atoms with Gasteiger partial charge in [0.15, 0.2) is 0 Å². The maximum Gasteiger partial charge on any atom is 0.224 e. The molecule has 5 nitrogen and oxygen atoms in total. The summed E-state index contributed by atoms with van der Waals surface area (Å²) >= 11 is 0.